The number of aromatic carboxylic acids is 1. The van der Waals surface area contributed by atoms with Crippen LogP contribution < -0.4 is 5.32 Å². The first-order valence-electron chi connectivity index (χ1n) is 5.67. The Hall–Kier alpha value is -2.44. The van der Waals surface area contributed by atoms with Crippen LogP contribution in [0.4, 0.5) is 0 Å². The van der Waals surface area contributed by atoms with Crippen molar-refractivity contribution in [3.63, 3.8) is 0 Å². The molecule has 1 aromatic heterocycles. The lowest BCUT2D eigenvalue weighted by Gasteiger charge is -2.14. The largest absolute Gasteiger partial charge is 0.477 e. The van der Waals surface area contributed by atoms with Gasteiger partial charge in [0.1, 0.15) is 5.69 Å². The summed E-state index contributed by atoms with van der Waals surface area (Å²) in [6.07, 6.45) is 1.23. The third kappa shape index (κ3) is 4.06. The van der Waals surface area contributed by atoms with Crippen LogP contribution in [0.15, 0.2) is 18.3 Å². The molecule has 7 heteroatoms. The Balaban J connectivity index is 2.66. The van der Waals surface area contributed by atoms with Crippen LogP contribution in [0.25, 0.3) is 0 Å². The van der Waals surface area contributed by atoms with E-state index < -0.39 is 11.9 Å². The number of carboxylic acid groups (broad SMARTS) is 1. The van der Waals surface area contributed by atoms with Crippen LogP contribution in [-0.2, 0) is 4.79 Å². The predicted octanol–water partition coefficient (Wildman–Crippen LogP) is -0.0121. The van der Waals surface area contributed by atoms with E-state index in [-0.39, 0.29) is 23.7 Å². The monoisotopic (exact) mass is 265 g/mol. The minimum absolute atomic E-state index is 0.131. The number of rotatable bonds is 5. The van der Waals surface area contributed by atoms with E-state index in [2.05, 4.69) is 10.3 Å². The van der Waals surface area contributed by atoms with Crippen molar-refractivity contribution < 1.29 is 19.5 Å². The van der Waals surface area contributed by atoms with Gasteiger partial charge >= 0.3 is 5.97 Å². The molecule has 19 heavy (non-hydrogen) atoms. The van der Waals surface area contributed by atoms with E-state index in [1.165, 1.54) is 17.2 Å². The lowest BCUT2D eigenvalue weighted by molar-refractivity contribution is -0.128. The van der Waals surface area contributed by atoms with Gasteiger partial charge in [-0.3, -0.25) is 9.59 Å². The number of aromatic nitrogens is 1. The van der Waals surface area contributed by atoms with Crippen molar-refractivity contribution in [3.8, 4) is 0 Å². The molecule has 1 rings (SSSR count). The molecular formula is C12H15N3O4. The average molecular weight is 265 g/mol. The molecule has 0 aromatic carbocycles. The molecule has 1 aromatic rings. The van der Waals surface area contributed by atoms with E-state index >= 15 is 0 Å². The molecule has 2 amide bonds. The smallest absolute Gasteiger partial charge is 0.354 e. The second kappa shape index (κ2) is 6.48. The molecule has 0 fully saturated rings. The zero-order valence-electron chi connectivity index (χ0n) is 10.7. The molecule has 0 aliphatic carbocycles. The molecular weight excluding hydrogens is 250 g/mol. The fourth-order valence-corrected chi connectivity index (χ4v) is 1.26. The van der Waals surface area contributed by atoms with E-state index in [0.717, 1.165) is 6.07 Å². The van der Waals surface area contributed by atoms with E-state index in [1.54, 1.807) is 7.05 Å². The van der Waals surface area contributed by atoms with E-state index in [0.29, 0.717) is 6.54 Å². The van der Waals surface area contributed by atoms with E-state index in [1.807, 2.05) is 6.92 Å². The van der Waals surface area contributed by atoms with Gasteiger partial charge in [0.25, 0.3) is 5.91 Å². The van der Waals surface area contributed by atoms with Gasteiger partial charge in [-0.25, -0.2) is 9.78 Å². The summed E-state index contributed by atoms with van der Waals surface area (Å²) in [6, 6.07) is 2.54. The van der Waals surface area contributed by atoms with Gasteiger partial charge in [0.2, 0.25) is 5.91 Å². The summed E-state index contributed by atoms with van der Waals surface area (Å²) >= 11 is 0. The maximum Gasteiger partial charge on any atom is 0.354 e. The average Bonchev–Trinajstić information content (AvgIpc) is 2.43. The van der Waals surface area contributed by atoms with Gasteiger partial charge in [-0.15, -0.1) is 0 Å². The number of likely N-dealkylation sites (N-methyl/N-ethyl adjacent to an activating group) is 1. The molecule has 0 aliphatic heterocycles. The highest BCUT2D eigenvalue weighted by atomic mass is 16.4. The highest BCUT2D eigenvalue weighted by Gasteiger charge is 2.12. The van der Waals surface area contributed by atoms with Gasteiger partial charge in [-0.1, -0.05) is 0 Å². The van der Waals surface area contributed by atoms with Crippen molar-refractivity contribution in [2.45, 2.75) is 6.92 Å². The third-order valence-electron chi connectivity index (χ3n) is 2.54. The Bertz CT molecular complexity index is 502. The summed E-state index contributed by atoms with van der Waals surface area (Å²) in [7, 11) is 1.63. The number of hydrogen-bond donors (Lipinski definition) is 2. The zero-order valence-corrected chi connectivity index (χ0v) is 10.7. The van der Waals surface area contributed by atoms with Crippen molar-refractivity contribution in [3.05, 3.63) is 29.6 Å². The molecule has 0 spiro atoms. The van der Waals surface area contributed by atoms with Crippen molar-refractivity contribution >= 4 is 17.8 Å². The number of amides is 2. The minimum Gasteiger partial charge on any atom is -0.477 e. The highest BCUT2D eigenvalue weighted by Crippen LogP contribution is 2.01. The van der Waals surface area contributed by atoms with Crippen LogP contribution in [0.5, 0.6) is 0 Å². The highest BCUT2D eigenvalue weighted by molar-refractivity contribution is 5.98. The van der Waals surface area contributed by atoms with Gasteiger partial charge in [0.05, 0.1) is 6.54 Å². The summed E-state index contributed by atoms with van der Waals surface area (Å²) in [6.45, 7) is 2.24. The fraction of sp³-hybridized carbons (Fsp3) is 0.333. The van der Waals surface area contributed by atoms with E-state index in [4.69, 9.17) is 5.11 Å². The number of nitrogens with zero attached hydrogens (tertiary/aromatic N) is 2. The second-order valence-corrected chi connectivity index (χ2v) is 3.83. The number of hydrogen-bond acceptors (Lipinski definition) is 4. The Morgan fingerprint density at radius 1 is 1.42 bits per heavy atom. The topological polar surface area (TPSA) is 99.6 Å². The van der Waals surface area contributed by atoms with Crippen LogP contribution >= 0.6 is 0 Å². The molecule has 0 radical (unpaired) electrons. The van der Waals surface area contributed by atoms with E-state index in [9.17, 15) is 14.4 Å². The fourth-order valence-electron chi connectivity index (χ4n) is 1.26. The molecule has 7 nitrogen and oxygen atoms in total. The second-order valence-electron chi connectivity index (χ2n) is 3.83. The van der Waals surface area contributed by atoms with Crippen LogP contribution in [0.3, 0.4) is 0 Å². The lowest BCUT2D eigenvalue weighted by Crippen LogP contribution is -2.38. The first kappa shape index (κ1) is 14.6. The van der Waals surface area contributed by atoms with Gasteiger partial charge < -0.3 is 15.3 Å². The van der Waals surface area contributed by atoms with Crippen LogP contribution in [-0.4, -0.2) is 52.9 Å². The van der Waals surface area contributed by atoms with Gasteiger partial charge in [0, 0.05) is 25.4 Å². The first-order chi connectivity index (χ1) is 8.95. The maximum absolute atomic E-state index is 11.7. The quantitative estimate of drug-likeness (QED) is 0.780. The number of carboxylic acids is 1. The van der Waals surface area contributed by atoms with Crippen molar-refractivity contribution in [2.75, 3.05) is 20.1 Å². The number of carbonyl (C=O) groups is 3. The number of carbonyl (C=O) groups excluding carboxylic acids is 2. The Labute approximate surface area is 110 Å². The maximum atomic E-state index is 11.7. The lowest BCUT2D eigenvalue weighted by atomic mass is 10.2. The molecule has 0 bridgehead atoms. The van der Waals surface area contributed by atoms with Crippen molar-refractivity contribution in [2.24, 2.45) is 0 Å². The summed E-state index contributed by atoms with van der Waals surface area (Å²) in [5.41, 5.74) is -0.0657. The van der Waals surface area contributed by atoms with Crippen LogP contribution in [0.2, 0.25) is 0 Å². The molecule has 102 valence electrons. The van der Waals surface area contributed by atoms with Crippen LogP contribution in [0, 0.1) is 0 Å². The Morgan fingerprint density at radius 2 is 2.11 bits per heavy atom. The van der Waals surface area contributed by atoms with Crippen molar-refractivity contribution in [1.82, 2.24) is 15.2 Å². The van der Waals surface area contributed by atoms with Gasteiger partial charge in [0.15, 0.2) is 0 Å². The van der Waals surface area contributed by atoms with Crippen molar-refractivity contribution in [1.29, 1.82) is 0 Å². The summed E-state index contributed by atoms with van der Waals surface area (Å²) in [5, 5.41) is 11.2. The summed E-state index contributed by atoms with van der Waals surface area (Å²) < 4.78 is 0. The SMILES string of the molecule is CCN(C)C(=O)CNC(=O)c1ccnc(C(=O)O)c1. The van der Waals surface area contributed by atoms with Crippen LogP contribution in [0.1, 0.15) is 27.8 Å². The third-order valence-corrected chi connectivity index (χ3v) is 2.54. The summed E-state index contributed by atoms with van der Waals surface area (Å²) in [4.78, 5) is 39.0. The molecule has 0 saturated heterocycles. The predicted molar refractivity (Wildman–Crippen MR) is 66.8 cm³/mol. The normalized spacial score (nSPS) is 9.79. The standard InChI is InChI=1S/C12H15N3O4/c1-3-15(2)10(16)7-14-11(17)8-4-5-13-9(6-8)12(18)19/h4-6H,3,7H2,1-2H3,(H,14,17)(H,18,19). The molecule has 1 heterocycles. The Kier molecular flexibility index (Phi) is 4.99. The number of nitrogens with one attached hydrogen (secondary N) is 1. The number of pyridine rings is 1. The molecule has 0 unspecified atom stereocenters. The minimum atomic E-state index is -1.21. The first-order valence-corrected chi connectivity index (χ1v) is 5.67. The Morgan fingerprint density at radius 3 is 2.68 bits per heavy atom. The molecule has 0 saturated carbocycles. The molecule has 0 atom stereocenters. The van der Waals surface area contributed by atoms with Gasteiger partial charge in [-0.2, -0.15) is 0 Å². The molecule has 2 N–H and O–H groups in total. The summed E-state index contributed by atoms with van der Waals surface area (Å²) in [5.74, 6) is -1.94. The molecule has 0 aliphatic rings. The van der Waals surface area contributed by atoms with Gasteiger partial charge in [-0.05, 0) is 19.1 Å². The zero-order chi connectivity index (χ0) is 14.4.